The number of ether oxygens (including phenoxy) is 3. The second-order valence-electron chi connectivity index (χ2n) is 10.7. The average molecular weight is 544 g/mol. The van der Waals surface area contributed by atoms with E-state index in [1.807, 2.05) is 56.3 Å². The number of aliphatic hydroxyl groups is 1. The number of carbonyl (C=O) groups is 2. The fourth-order valence-corrected chi connectivity index (χ4v) is 4.97. The molecule has 1 N–H and O–H groups in total. The van der Waals surface area contributed by atoms with Crippen molar-refractivity contribution in [3.63, 3.8) is 0 Å². The maximum atomic E-state index is 13.6. The number of ketones is 1. The number of amides is 1. The lowest BCUT2D eigenvalue weighted by atomic mass is 9.84. The van der Waals surface area contributed by atoms with Crippen molar-refractivity contribution < 1.29 is 28.9 Å². The Morgan fingerprint density at radius 2 is 1.60 bits per heavy atom. The zero-order valence-corrected chi connectivity index (χ0v) is 24.0. The molecular weight excluding hydrogens is 506 g/mol. The van der Waals surface area contributed by atoms with Crippen molar-refractivity contribution in [2.45, 2.75) is 52.6 Å². The van der Waals surface area contributed by atoms with Crippen LogP contribution in [0.5, 0.6) is 17.2 Å². The summed E-state index contributed by atoms with van der Waals surface area (Å²) in [6, 6.07) is 19.2. The van der Waals surface area contributed by atoms with Crippen molar-refractivity contribution in [1.29, 1.82) is 0 Å². The molecule has 1 heterocycles. The van der Waals surface area contributed by atoms with Gasteiger partial charge in [-0.25, -0.2) is 0 Å². The second kappa shape index (κ2) is 11.9. The van der Waals surface area contributed by atoms with E-state index in [-0.39, 0.29) is 23.3 Å². The van der Waals surface area contributed by atoms with E-state index in [1.165, 1.54) is 4.90 Å². The van der Waals surface area contributed by atoms with Crippen LogP contribution >= 0.6 is 0 Å². The van der Waals surface area contributed by atoms with Gasteiger partial charge >= 0.3 is 0 Å². The molecule has 0 radical (unpaired) electrons. The van der Waals surface area contributed by atoms with Gasteiger partial charge in [0.1, 0.15) is 23.0 Å². The molecule has 210 valence electrons. The normalized spacial score (nSPS) is 16.8. The Morgan fingerprint density at radius 1 is 0.900 bits per heavy atom. The number of carbonyl (C=O) groups excluding carboxylic acids is 2. The molecule has 0 spiro atoms. The van der Waals surface area contributed by atoms with Crippen molar-refractivity contribution in [2.75, 3.05) is 20.3 Å². The summed E-state index contributed by atoms with van der Waals surface area (Å²) in [7, 11) is 1.57. The minimum absolute atomic E-state index is 0.0418. The molecule has 1 fully saturated rings. The van der Waals surface area contributed by atoms with E-state index in [4.69, 9.17) is 14.2 Å². The Morgan fingerprint density at radius 3 is 2.23 bits per heavy atom. The molecule has 7 heteroatoms. The standard InChI is InChI=1S/C33H37NO6/c1-7-39-25-11-9-10-21(18-25)20-34-29(22-12-15-24(38-6)16-13-22)28(31(36)32(34)37)30(35)23-14-17-27(40-8-2)26(19-23)33(3,4)5/h9-19,29,35H,7-8,20H2,1-6H3/b30-28-. The summed E-state index contributed by atoms with van der Waals surface area (Å²) in [4.78, 5) is 28.6. The number of Topliss-reactive ketones (excluding diaryl/α,β-unsaturated/α-hetero) is 1. The number of hydrogen-bond donors (Lipinski definition) is 1. The van der Waals surface area contributed by atoms with Gasteiger partial charge in [-0.1, -0.05) is 45.0 Å². The zero-order valence-electron chi connectivity index (χ0n) is 24.0. The molecule has 1 saturated heterocycles. The lowest BCUT2D eigenvalue weighted by Crippen LogP contribution is -2.29. The monoisotopic (exact) mass is 543 g/mol. The SMILES string of the molecule is CCOc1cccc(CN2C(=O)C(=O)/C(=C(\O)c3ccc(OCC)c(C(C)(C)C)c3)C2c2ccc(OC)cc2)c1. The van der Waals surface area contributed by atoms with E-state index in [2.05, 4.69) is 20.8 Å². The van der Waals surface area contributed by atoms with Crippen molar-refractivity contribution in [3.05, 3.63) is 94.6 Å². The Hall–Kier alpha value is -4.26. The predicted molar refractivity (Wildman–Crippen MR) is 155 cm³/mol. The number of methoxy groups -OCH3 is 1. The Balaban J connectivity index is 1.86. The van der Waals surface area contributed by atoms with Gasteiger partial charge in [-0.15, -0.1) is 0 Å². The van der Waals surface area contributed by atoms with Crippen LogP contribution in [0, 0.1) is 0 Å². The van der Waals surface area contributed by atoms with Crippen LogP contribution in [0.3, 0.4) is 0 Å². The minimum Gasteiger partial charge on any atom is -0.507 e. The Labute approximate surface area is 236 Å². The van der Waals surface area contributed by atoms with Gasteiger partial charge in [0.25, 0.3) is 11.7 Å². The molecule has 1 aliphatic rings. The van der Waals surface area contributed by atoms with Crippen LogP contribution in [0.25, 0.3) is 5.76 Å². The van der Waals surface area contributed by atoms with E-state index >= 15 is 0 Å². The van der Waals surface area contributed by atoms with Crippen molar-refractivity contribution in [3.8, 4) is 17.2 Å². The number of nitrogens with zero attached hydrogens (tertiary/aromatic N) is 1. The van der Waals surface area contributed by atoms with Gasteiger partial charge in [0.05, 0.1) is 31.9 Å². The molecule has 7 nitrogen and oxygen atoms in total. The number of rotatable bonds is 9. The molecule has 0 saturated carbocycles. The van der Waals surface area contributed by atoms with E-state index in [0.29, 0.717) is 41.6 Å². The molecule has 1 aliphatic heterocycles. The molecule has 40 heavy (non-hydrogen) atoms. The molecular formula is C33H37NO6. The first-order valence-corrected chi connectivity index (χ1v) is 13.5. The highest BCUT2D eigenvalue weighted by Gasteiger charge is 2.46. The maximum Gasteiger partial charge on any atom is 0.295 e. The first kappa shape index (κ1) is 28.7. The van der Waals surface area contributed by atoms with Gasteiger partial charge < -0.3 is 24.2 Å². The van der Waals surface area contributed by atoms with Crippen LogP contribution in [0.4, 0.5) is 0 Å². The Kier molecular flexibility index (Phi) is 8.52. The van der Waals surface area contributed by atoms with E-state index < -0.39 is 17.7 Å². The van der Waals surface area contributed by atoms with Crippen LogP contribution in [-0.2, 0) is 21.5 Å². The summed E-state index contributed by atoms with van der Waals surface area (Å²) in [6.45, 7) is 11.2. The summed E-state index contributed by atoms with van der Waals surface area (Å²) < 4.78 is 16.8. The first-order chi connectivity index (χ1) is 19.1. The second-order valence-corrected chi connectivity index (χ2v) is 10.7. The van der Waals surface area contributed by atoms with Crippen molar-refractivity contribution >= 4 is 17.4 Å². The highest BCUT2D eigenvalue weighted by molar-refractivity contribution is 6.46. The molecule has 1 amide bonds. The van der Waals surface area contributed by atoms with Crippen molar-refractivity contribution in [2.24, 2.45) is 0 Å². The number of likely N-dealkylation sites (tertiary alicyclic amines) is 1. The van der Waals surface area contributed by atoms with Gasteiger partial charge in [-0.3, -0.25) is 9.59 Å². The fraction of sp³-hybridized carbons (Fsp3) is 0.333. The molecule has 3 aromatic carbocycles. The zero-order chi connectivity index (χ0) is 29.0. The number of benzene rings is 3. The van der Waals surface area contributed by atoms with Gasteiger partial charge in [0, 0.05) is 17.7 Å². The van der Waals surface area contributed by atoms with Gasteiger partial charge in [0.15, 0.2) is 0 Å². The fourth-order valence-electron chi connectivity index (χ4n) is 4.97. The third-order valence-corrected chi connectivity index (χ3v) is 6.89. The third-order valence-electron chi connectivity index (χ3n) is 6.89. The highest BCUT2D eigenvalue weighted by atomic mass is 16.5. The van der Waals surface area contributed by atoms with Gasteiger partial charge in [-0.2, -0.15) is 0 Å². The van der Waals surface area contributed by atoms with Gasteiger partial charge in [0.2, 0.25) is 0 Å². The molecule has 0 aliphatic carbocycles. The quantitative estimate of drug-likeness (QED) is 0.191. The summed E-state index contributed by atoms with van der Waals surface area (Å²) in [5.41, 5.74) is 2.59. The first-order valence-electron chi connectivity index (χ1n) is 13.5. The van der Waals surface area contributed by atoms with Crippen LogP contribution in [0.15, 0.2) is 72.3 Å². The van der Waals surface area contributed by atoms with Gasteiger partial charge in [-0.05, 0) is 72.9 Å². The van der Waals surface area contributed by atoms with E-state index in [9.17, 15) is 14.7 Å². The number of aliphatic hydroxyl groups excluding tert-OH is 1. The summed E-state index contributed by atoms with van der Waals surface area (Å²) in [5, 5.41) is 11.6. The Bertz CT molecular complexity index is 1420. The lowest BCUT2D eigenvalue weighted by Gasteiger charge is -2.26. The van der Waals surface area contributed by atoms with E-state index in [0.717, 1.165) is 11.1 Å². The third kappa shape index (κ3) is 5.83. The van der Waals surface area contributed by atoms with Crippen molar-refractivity contribution in [1.82, 2.24) is 4.90 Å². The summed E-state index contributed by atoms with van der Waals surface area (Å²) in [6.07, 6.45) is 0. The molecule has 0 bridgehead atoms. The predicted octanol–water partition coefficient (Wildman–Crippen LogP) is 6.41. The molecule has 1 atom stereocenters. The highest BCUT2D eigenvalue weighted by Crippen LogP contribution is 2.42. The molecule has 4 rings (SSSR count). The number of hydrogen-bond acceptors (Lipinski definition) is 6. The maximum absolute atomic E-state index is 13.6. The van der Waals surface area contributed by atoms with Crippen LogP contribution in [0.1, 0.15) is 62.9 Å². The largest absolute Gasteiger partial charge is 0.507 e. The molecule has 0 aromatic heterocycles. The van der Waals surface area contributed by atoms with E-state index in [1.54, 1.807) is 31.4 Å². The summed E-state index contributed by atoms with van der Waals surface area (Å²) in [5.74, 6) is 0.413. The summed E-state index contributed by atoms with van der Waals surface area (Å²) >= 11 is 0. The average Bonchev–Trinajstić information content (AvgIpc) is 3.18. The molecule has 3 aromatic rings. The minimum atomic E-state index is -0.800. The van der Waals surface area contributed by atoms with Crippen LogP contribution in [-0.4, -0.2) is 42.0 Å². The van der Waals surface area contributed by atoms with Crippen LogP contribution in [0.2, 0.25) is 0 Å². The molecule has 1 unspecified atom stereocenters. The lowest BCUT2D eigenvalue weighted by molar-refractivity contribution is -0.140. The van der Waals surface area contributed by atoms with Crippen LogP contribution < -0.4 is 14.2 Å². The topological polar surface area (TPSA) is 85.3 Å². The smallest absolute Gasteiger partial charge is 0.295 e.